The third-order valence-electron chi connectivity index (χ3n) is 7.58. The number of carbonyl (C=O) groups excluding carboxylic acids is 1. The fraction of sp³-hybridized carbons (Fsp3) is 0.417. The summed E-state index contributed by atoms with van der Waals surface area (Å²) in [6.45, 7) is 0.349. The molecule has 3 aromatic rings. The second-order valence-electron chi connectivity index (χ2n) is 9.54. The van der Waals surface area contributed by atoms with Gasteiger partial charge < -0.3 is 10.4 Å². The van der Waals surface area contributed by atoms with E-state index in [4.69, 9.17) is 0 Å². The Hall–Kier alpha value is -3.17. The summed E-state index contributed by atoms with van der Waals surface area (Å²) in [5.74, 6) is -4.13. The Bertz CT molecular complexity index is 1240. The lowest BCUT2D eigenvalue weighted by Gasteiger charge is -2.53. The van der Waals surface area contributed by atoms with Gasteiger partial charge in [-0.25, -0.2) is 8.78 Å². The van der Waals surface area contributed by atoms with E-state index < -0.39 is 35.0 Å². The normalized spacial score (nSPS) is 24.5. The average molecular weight is 479 g/mol. The van der Waals surface area contributed by atoms with Crippen molar-refractivity contribution >= 4 is 16.8 Å². The molecule has 3 aliphatic carbocycles. The Morgan fingerprint density at radius 1 is 1.03 bits per heavy atom. The number of hydrogen-bond acceptors (Lipinski definition) is 3. The molecule has 0 unspecified atom stereocenters. The first kappa shape index (κ1) is 22.6. The summed E-state index contributed by atoms with van der Waals surface area (Å²) in [6.07, 6.45) is 1.95. The second kappa shape index (κ2) is 7.68. The van der Waals surface area contributed by atoms with E-state index in [2.05, 4.69) is 10.4 Å². The van der Waals surface area contributed by atoms with Crippen molar-refractivity contribution in [1.29, 1.82) is 0 Å². The number of amides is 1. The first-order chi connectivity index (χ1) is 16.0. The number of hydrogen-bond donors (Lipinski definition) is 2. The molecule has 34 heavy (non-hydrogen) atoms. The highest BCUT2D eigenvalue weighted by Crippen LogP contribution is 2.55. The number of carbonyl (C=O) groups is 1. The number of phenols is 1. The van der Waals surface area contributed by atoms with E-state index in [-0.39, 0.29) is 16.5 Å². The maximum atomic E-state index is 13.6. The Morgan fingerprint density at radius 3 is 2.24 bits per heavy atom. The molecule has 10 heteroatoms. The van der Waals surface area contributed by atoms with Crippen LogP contribution in [0.5, 0.6) is 5.75 Å². The van der Waals surface area contributed by atoms with E-state index in [9.17, 15) is 31.9 Å². The zero-order chi connectivity index (χ0) is 24.3. The predicted octanol–water partition coefficient (Wildman–Crippen LogP) is 5.52. The molecule has 5 nitrogen and oxygen atoms in total. The number of rotatable bonds is 4. The van der Waals surface area contributed by atoms with E-state index in [1.807, 2.05) is 4.68 Å². The smallest absolute Gasteiger partial charge is 0.416 e. The number of aromatic hydroxyl groups is 1. The van der Waals surface area contributed by atoms with E-state index in [1.165, 1.54) is 6.07 Å². The van der Waals surface area contributed by atoms with Crippen molar-refractivity contribution < 1.29 is 31.9 Å². The molecule has 3 saturated carbocycles. The molecule has 3 aliphatic rings. The molecular weight excluding hydrogens is 457 g/mol. The van der Waals surface area contributed by atoms with Crippen LogP contribution in [0.1, 0.15) is 54.4 Å². The highest BCUT2D eigenvalue weighted by atomic mass is 19.4. The second-order valence-corrected chi connectivity index (χ2v) is 9.54. The van der Waals surface area contributed by atoms with Gasteiger partial charge in [0.05, 0.1) is 16.6 Å². The minimum Gasteiger partial charge on any atom is -0.503 e. The van der Waals surface area contributed by atoms with Crippen LogP contribution in [0.3, 0.4) is 0 Å². The highest BCUT2D eigenvalue weighted by molar-refractivity contribution is 5.94. The van der Waals surface area contributed by atoms with Gasteiger partial charge in [0.15, 0.2) is 17.4 Å². The molecule has 1 aromatic heterocycles. The minimum atomic E-state index is -4.41. The van der Waals surface area contributed by atoms with Crippen molar-refractivity contribution in [2.45, 2.75) is 50.2 Å². The molecule has 0 aliphatic heterocycles. The van der Waals surface area contributed by atoms with Gasteiger partial charge in [0.1, 0.15) is 0 Å². The van der Waals surface area contributed by atoms with Crippen molar-refractivity contribution in [2.75, 3.05) is 6.54 Å². The summed E-state index contributed by atoms with van der Waals surface area (Å²) in [4.78, 5) is 12.4. The number of halogens is 5. The van der Waals surface area contributed by atoms with Crippen LogP contribution in [0, 0.1) is 17.0 Å². The first-order valence-corrected chi connectivity index (χ1v) is 11.0. The maximum absolute atomic E-state index is 13.6. The highest BCUT2D eigenvalue weighted by Gasteiger charge is 2.50. The molecule has 2 N–H and O–H groups in total. The van der Waals surface area contributed by atoms with Crippen LogP contribution in [0.4, 0.5) is 22.0 Å². The van der Waals surface area contributed by atoms with Gasteiger partial charge in [-0.15, -0.1) is 0 Å². The van der Waals surface area contributed by atoms with Crippen molar-refractivity contribution in [1.82, 2.24) is 15.1 Å². The number of nitrogens with one attached hydrogen (secondary N) is 1. The van der Waals surface area contributed by atoms with Crippen LogP contribution in [0.25, 0.3) is 10.9 Å². The first-order valence-electron chi connectivity index (χ1n) is 11.0. The third kappa shape index (κ3) is 3.78. The lowest BCUT2D eigenvalue weighted by molar-refractivity contribution is -0.137. The molecule has 0 atom stereocenters. The van der Waals surface area contributed by atoms with E-state index in [1.54, 1.807) is 6.20 Å². The number of phenolic OH excluding ortho intramolecular Hbond substituents is 1. The fourth-order valence-electron chi connectivity index (χ4n) is 5.36. The summed E-state index contributed by atoms with van der Waals surface area (Å²) < 4.78 is 68.1. The molecule has 2 bridgehead atoms. The Kier molecular flexibility index (Phi) is 5.11. The van der Waals surface area contributed by atoms with Crippen LogP contribution in [0.15, 0.2) is 36.5 Å². The fourth-order valence-corrected chi connectivity index (χ4v) is 5.36. The van der Waals surface area contributed by atoms with Crippen molar-refractivity contribution in [3.63, 3.8) is 0 Å². The molecule has 1 amide bonds. The van der Waals surface area contributed by atoms with Crippen LogP contribution < -0.4 is 5.32 Å². The molecule has 3 fully saturated rings. The Morgan fingerprint density at radius 2 is 1.65 bits per heavy atom. The average Bonchev–Trinajstić information content (AvgIpc) is 3.26. The number of benzene rings is 2. The van der Waals surface area contributed by atoms with Gasteiger partial charge in [-0.05, 0) is 74.3 Å². The van der Waals surface area contributed by atoms with Gasteiger partial charge in [-0.3, -0.25) is 9.48 Å². The monoisotopic (exact) mass is 479 g/mol. The van der Waals surface area contributed by atoms with Gasteiger partial charge >= 0.3 is 6.18 Å². The van der Waals surface area contributed by atoms with Gasteiger partial charge in [-0.2, -0.15) is 18.3 Å². The van der Waals surface area contributed by atoms with Crippen molar-refractivity contribution in [2.24, 2.45) is 5.41 Å². The maximum Gasteiger partial charge on any atom is 0.416 e. The van der Waals surface area contributed by atoms with Crippen LogP contribution in [0.2, 0.25) is 0 Å². The van der Waals surface area contributed by atoms with Gasteiger partial charge in [0, 0.05) is 23.7 Å². The van der Waals surface area contributed by atoms with Crippen LogP contribution >= 0.6 is 0 Å². The summed E-state index contributed by atoms with van der Waals surface area (Å²) in [6, 6.07) is 5.15. The number of nitrogens with zero attached hydrogens (tertiary/aromatic N) is 2. The number of alkyl halides is 3. The van der Waals surface area contributed by atoms with E-state index >= 15 is 0 Å². The van der Waals surface area contributed by atoms with Crippen LogP contribution in [-0.2, 0) is 11.7 Å². The van der Waals surface area contributed by atoms with Gasteiger partial charge in [0.2, 0.25) is 0 Å². The SMILES string of the molecule is O=C(NC[C@]12CC[C@](n3cc4cc(C(F)(F)F)ccc4n3)(CC1)CC2)c1cc(F)c(O)c(F)c1. The summed E-state index contributed by atoms with van der Waals surface area (Å²) in [5, 5.41) is 17.0. The zero-order valence-corrected chi connectivity index (χ0v) is 18.1. The summed E-state index contributed by atoms with van der Waals surface area (Å²) in [5.41, 5.74) is -0.807. The predicted molar refractivity (Wildman–Crippen MR) is 113 cm³/mol. The standard InChI is InChI=1S/C24H22F5N3O2/c25-17-10-14(11-18(26)20(17)33)21(34)30-13-22-3-6-23(7-4-22,8-5-22)32-12-15-9-16(24(27,28)29)1-2-19(15)31-32/h1-2,9-12,33H,3-8,13H2,(H,30,34)/t22-,23+. The third-order valence-corrected chi connectivity index (χ3v) is 7.58. The molecule has 0 spiro atoms. The van der Waals surface area contributed by atoms with Crippen molar-refractivity contribution in [3.8, 4) is 5.75 Å². The number of fused-ring (bicyclic) bond motifs is 4. The van der Waals surface area contributed by atoms with Gasteiger partial charge in [-0.1, -0.05) is 0 Å². The quantitative estimate of drug-likeness (QED) is 0.485. The minimum absolute atomic E-state index is 0.151. The summed E-state index contributed by atoms with van der Waals surface area (Å²) >= 11 is 0. The molecule has 1 heterocycles. The molecule has 180 valence electrons. The lowest BCUT2D eigenvalue weighted by atomic mass is 9.57. The number of aromatic nitrogens is 2. The van der Waals surface area contributed by atoms with E-state index in [0.29, 0.717) is 17.4 Å². The molecule has 2 aromatic carbocycles. The molecule has 6 rings (SSSR count). The molecule has 0 radical (unpaired) electrons. The Balaban J connectivity index is 1.28. The van der Waals surface area contributed by atoms with Crippen LogP contribution in [-0.4, -0.2) is 27.3 Å². The topological polar surface area (TPSA) is 67.2 Å². The van der Waals surface area contributed by atoms with E-state index in [0.717, 1.165) is 62.8 Å². The lowest BCUT2D eigenvalue weighted by Crippen LogP contribution is -2.51. The summed E-state index contributed by atoms with van der Waals surface area (Å²) in [7, 11) is 0. The van der Waals surface area contributed by atoms with Gasteiger partial charge in [0.25, 0.3) is 5.91 Å². The molecular formula is C24H22F5N3O2. The molecule has 0 saturated heterocycles. The Labute approximate surface area is 191 Å². The zero-order valence-electron chi connectivity index (χ0n) is 18.1. The largest absolute Gasteiger partial charge is 0.503 e. The van der Waals surface area contributed by atoms with Crippen molar-refractivity contribution in [3.05, 3.63) is 59.3 Å².